The number of aryl methyl sites for hydroxylation is 2. The topological polar surface area (TPSA) is 40.5 Å². The van der Waals surface area contributed by atoms with Crippen LogP contribution in [0.25, 0.3) is 11.1 Å². The van der Waals surface area contributed by atoms with Crippen molar-refractivity contribution in [3.05, 3.63) is 69.8 Å². The highest BCUT2D eigenvalue weighted by Gasteiger charge is 2.37. The number of allylic oxidation sites excluding steroid dienone is 4. The molecule has 2 fully saturated rings. The molecule has 226 valence electrons. The Kier molecular flexibility index (Phi) is 7.47. The lowest BCUT2D eigenvalue weighted by molar-refractivity contribution is 0.414. The van der Waals surface area contributed by atoms with Crippen LogP contribution in [-0.4, -0.2) is 10.2 Å². The van der Waals surface area contributed by atoms with Crippen molar-refractivity contribution in [2.24, 2.45) is 35.5 Å². The summed E-state index contributed by atoms with van der Waals surface area (Å²) in [5.41, 5.74) is 8.19. The molecule has 0 heterocycles. The molecule has 4 aliphatic rings. The van der Waals surface area contributed by atoms with Gasteiger partial charge in [-0.15, -0.1) is 0 Å². The van der Waals surface area contributed by atoms with Gasteiger partial charge in [-0.25, -0.2) is 0 Å². The molecule has 4 aliphatic carbocycles. The third-order valence-corrected chi connectivity index (χ3v) is 11.6. The van der Waals surface area contributed by atoms with Crippen molar-refractivity contribution < 1.29 is 10.2 Å². The molecule has 2 nitrogen and oxygen atoms in total. The van der Waals surface area contributed by atoms with E-state index < -0.39 is 0 Å². The number of rotatable bonds is 7. The van der Waals surface area contributed by atoms with E-state index in [0.717, 1.165) is 81.7 Å². The minimum atomic E-state index is -0.209. The van der Waals surface area contributed by atoms with Gasteiger partial charge < -0.3 is 10.2 Å². The van der Waals surface area contributed by atoms with Crippen LogP contribution in [0.2, 0.25) is 0 Å². The van der Waals surface area contributed by atoms with Crippen LogP contribution >= 0.6 is 0 Å². The van der Waals surface area contributed by atoms with Crippen LogP contribution in [0, 0.1) is 49.4 Å². The van der Waals surface area contributed by atoms with Crippen molar-refractivity contribution in [1.82, 2.24) is 0 Å². The first-order chi connectivity index (χ1) is 19.7. The molecule has 0 aromatic heterocycles. The summed E-state index contributed by atoms with van der Waals surface area (Å²) in [6.45, 7) is 17.5. The average Bonchev–Trinajstić information content (AvgIpc) is 3.71. The predicted octanol–water partition coefficient (Wildman–Crippen LogP) is 10.3. The first kappa shape index (κ1) is 29.6. The second-order valence-electron chi connectivity index (χ2n) is 16.5. The van der Waals surface area contributed by atoms with E-state index in [1.807, 2.05) is 0 Å². The smallest absolute Gasteiger partial charge is 0.127 e. The second kappa shape index (κ2) is 10.6. The molecule has 2 N–H and O–H groups in total. The number of benzene rings is 2. The first-order valence-corrected chi connectivity index (χ1v) is 16.8. The van der Waals surface area contributed by atoms with E-state index in [1.54, 1.807) is 0 Å². The number of aromatic hydroxyl groups is 2. The van der Waals surface area contributed by atoms with Gasteiger partial charge in [0.2, 0.25) is 0 Å². The van der Waals surface area contributed by atoms with Crippen molar-refractivity contribution in [2.45, 2.75) is 118 Å². The maximum atomic E-state index is 12.0. The van der Waals surface area contributed by atoms with Crippen LogP contribution in [0.15, 0.2) is 36.4 Å². The standard InChI is InChI=1S/C40H54O2/c1-23-27(13-15-31-19-25-9-11-29(31)17-25)21-33(39(3,4)5)37(41)35(23)36-24(2)28(22-34(38(36)42)40(6,7)8)14-16-32-20-26-10-12-30(32)18-26/h9-12,21-22,25-26,29-32,41-42H,13-20H2,1-8H3. The third-order valence-electron chi connectivity index (χ3n) is 11.6. The summed E-state index contributed by atoms with van der Waals surface area (Å²) in [6, 6.07) is 4.56. The van der Waals surface area contributed by atoms with Gasteiger partial charge in [-0.3, -0.25) is 0 Å². The van der Waals surface area contributed by atoms with Crippen molar-refractivity contribution in [3.8, 4) is 22.6 Å². The highest BCUT2D eigenvalue weighted by atomic mass is 16.3. The Hall–Kier alpha value is -2.48. The van der Waals surface area contributed by atoms with Gasteiger partial charge in [0.05, 0.1) is 0 Å². The highest BCUT2D eigenvalue weighted by molar-refractivity contribution is 5.85. The third kappa shape index (κ3) is 5.26. The maximum Gasteiger partial charge on any atom is 0.127 e. The Labute approximate surface area is 255 Å². The van der Waals surface area contributed by atoms with Gasteiger partial charge in [0.15, 0.2) is 0 Å². The van der Waals surface area contributed by atoms with E-state index in [2.05, 4.69) is 91.8 Å². The molecule has 0 spiro atoms. The summed E-state index contributed by atoms with van der Waals surface area (Å²) in [5, 5.41) is 24.1. The lowest BCUT2D eigenvalue weighted by Crippen LogP contribution is -2.16. The van der Waals surface area contributed by atoms with Crippen LogP contribution in [0.3, 0.4) is 0 Å². The van der Waals surface area contributed by atoms with Crippen LogP contribution in [0.5, 0.6) is 11.5 Å². The molecular formula is C40H54O2. The summed E-state index contributed by atoms with van der Waals surface area (Å²) in [7, 11) is 0. The van der Waals surface area contributed by atoms with E-state index in [0.29, 0.717) is 11.5 Å². The van der Waals surface area contributed by atoms with Crippen LogP contribution in [0.4, 0.5) is 0 Å². The van der Waals surface area contributed by atoms with Gasteiger partial charge in [0, 0.05) is 22.3 Å². The Morgan fingerprint density at radius 1 is 0.595 bits per heavy atom. The highest BCUT2D eigenvalue weighted by Crippen LogP contribution is 2.51. The van der Waals surface area contributed by atoms with Gasteiger partial charge in [0.25, 0.3) is 0 Å². The zero-order valence-electron chi connectivity index (χ0n) is 27.5. The van der Waals surface area contributed by atoms with Crippen molar-refractivity contribution in [3.63, 3.8) is 0 Å². The summed E-state index contributed by atoms with van der Waals surface area (Å²) >= 11 is 0. The molecule has 2 aromatic rings. The average molecular weight is 567 g/mol. The molecule has 2 saturated carbocycles. The van der Waals surface area contributed by atoms with Gasteiger partial charge in [0.1, 0.15) is 11.5 Å². The van der Waals surface area contributed by atoms with Gasteiger partial charge >= 0.3 is 0 Å². The van der Waals surface area contributed by atoms with Crippen LogP contribution in [-0.2, 0) is 23.7 Å². The van der Waals surface area contributed by atoms with Gasteiger partial charge in [-0.05, 0) is 134 Å². The molecule has 42 heavy (non-hydrogen) atoms. The number of phenols is 2. The largest absolute Gasteiger partial charge is 0.507 e. The van der Waals surface area contributed by atoms with Crippen molar-refractivity contribution in [2.75, 3.05) is 0 Å². The van der Waals surface area contributed by atoms with Crippen LogP contribution < -0.4 is 0 Å². The summed E-state index contributed by atoms with van der Waals surface area (Å²) in [6.07, 6.45) is 19.5. The molecule has 6 unspecified atom stereocenters. The fraction of sp³-hybridized carbons (Fsp3) is 0.600. The zero-order chi connectivity index (χ0) is 30.1. The van der Waals surface area contributed by atoms with Crippen LogP contribution in [0.1, 0.15) is 113 Å². The SMILES string of the molecule is Cc1c(CCC2CC3C=CC2C3)cc(C(C)(C)C)c(O)c1-c1c(C)c(CCC2CC3C=CC2C3)cc(C(C)(C)C)c1O. The molecule has 6 rings (SSSR count). The fourth-order valence-corrected chi connectivity index (χ4v) is 9.06. The Morgan fingerprint density at radius 3 is 1.26 bits per heavy atom. The molecule has 2 heteroatoms. The molecule has 0 saturated heterocycles. The van der Waals surface area contributed by atoms with E-state index in [9.17, 15) is 10.2 Å². The molecule has 6 atom stereocenters. The minimum Gasteiger partial charge on any atom is -0.507 e. The van der Waals surface area contributed by atoms with Crippen molar-refractivity contribution in [1.29, 1.82) is 0 Å². The van der Waals surface area contributed by atoms with Gasteiger partial charge in [-0.1, -0.05) is 78.0 Å². The molecule has 2 aromatic carbocycles. The molecule has 4 bridgehead atoms. The quantitative estimate of drug-likeness (QED) is 0.327. The van der Waals surface area contributed by atoms with Crippen molar-refractivity contribution >= 4 is 0 Å². The monoisotopic (exact) mass is 566 g/mol. The number of hydrogen-bond donors (Lipinski definition) is 2. The molecule has 0 amide bonds. The van der Waals surface area contributed by atoms with E-state index in [1.165, 1.54) is 49.7 Å². The maximum absolute atomic E-state index is 12.0. The van der Waals surface area contributed by atoms with E-state index >= 15 is 0 Å². The lowest BCUT2D eigenvalue weighted by atomic mass is 9.76. The first-order valence-electron chi connectivity index (χ1n) is 16.8. The lowest BCUT2D eigenvalue weighted by Gasteiger charge is -2.30. The molecular weight excluding hydrogens is 512 g/mol. The fourth-order valence-electron chi connectivity index (χ4n) is 9.06. The molecule has 0 radical (unpaired) electrons. The number of fused-ring (bicyclic) bond motifs is 4. The van der Waals surface area contributed by atoms with E-state index in [4.69, 9.17) is 0 Å². The number of hydrogen-bond acceptors (Lipinski definition) is 2. The summed E-state index contributed by atoms with van der Waals surface area (Å²) < 4.78 is 0. The zero-order valence-corrected chi connectivity index (χ0v) is 27.5. The van der Waals surface area contributed by atoms with E-state index in [-0.39, 0.29) is 10.8 Å². The molecule has 0 aliphatic heterocycles. The Bertz CT molecular complexity index is 1320. The summed E-state index contributed by atoms with van der Waals surface area (Å²) in [5.74, 6) is 5.29. The predicted molar refractivity (Wildman–Crippen MR) is 176 cm³/mol. The minimum absolute atomic E-state index is 0.209. The summed E-state index contributed by atoms with van der Waals surface area (Å²) in [4.78, 5) is 0. The normalized spacial score (nSPS) is 28.0. The number of phenolic OH excluding ortho intramolecular Hbond substituents is 2. The Morgan fingerprint density at radius 2 is 0.976 bits per heavy atom. The Balaban J connectivity index is 1.43. The second-order valence-corrected chi connectivity index (χ2v) is 16.5. The van der Waals surface area contributed by atoms with Gasteiger partial charge in [-0.2, -0.15) is 0 Å².